The Morgan fingerprint density at radius 1 is 0.914 bits per heavy atom. The fourth-order valence-corrected chi connectivity index (χ4v) is 4.21. The van der Waals surface area contributed by atoms with Crippen LogP contribution in [0, 0.1) is 6.92 Å². The fraction of sp³-hybridized carbons (Fsp3) is 0.160. The summed E-state index contributed by atoms with van der Waals surface area (Å²) in [5.74, 6) is 0.000632. The van der Waals surface area contributed by atoms with E-state index >= 15 is 0 Å². The summed E-state index contributed by atoms with van der Waals surface area (Å²) in [6, 6.07) is 20.1. The van der Waals surface area contributed by atoms with Gasteiger partial charge in [-0.1, -0.05) is 17.7 Å². The Bertz CT molecular complexity index is 1320. The highest BCUT2D eigenvalue weighted by atomic mass is 32.2. The number of hydrogen-bond acceptors (Lipinski definition) is 7. The minimum Gasteiger partial charge on any atom is -0.497 e. The first-order valence-corrected chi connectivity index (χ1v) is 12.5. The molecule has 0 fully saturated rings. The number of rotatable bonds is 7. The monoisotopic (exact) mass is 511 g/mol. The van der Waals surface area contributed by atoms with Crippen molar-refractivity contribution in [1.29, 1.82) is 0 Å². The molecule has 0 aromatic heterocycles. The molecule has 0 saturated heterocycles. The van der Waals surface area contributed by atoms with Crippen LogP contribution in [-0.4, -0.2) is 45.4 Å². The summed E-state index contributed by atoms with van der Waals surface area (Å²) in [5.41, 5.74) is 2.61. The first kappa shape index (κ1) is 25.9. The molecule has 0 radical (unpaired) electrons. The molecule has 3 rings (SSSR count). The lowest BCUT2D eigenvalue weighted by atomic mass is 10.2. The van der Waals surface area contributed by atoms with Crippen molar-refractivity contribution >= 4 is 44.7 Å². The van der Waals surface area contributed by atoms with E-state index in [0.29, 0.717) is 22.6 Å². The molecule has 0 amide bonds. The molecule has 0 heterocycles. The fourth-order valence-electron chi connectivity index (χ4n) is 3.00. The molecule has 0 bridgehead atoms. The lowest BCUT2D eigenvalue weighted by molar-refractivity contribution is 0.0600. The van der Waals surface area contributed by atoms with E-state index in [0.717, 1.165) is 5.56 Å². The second kappa shape index (κ2) is 11.6. The number of hydrogen-bond donors (Lipinski definition) is 2. The summed E-state index contributed by atoms with van der Waals surface area (Å²) in [6.45, 7) is 1.89. The van der Waals surface area contributed by atoms with Crippen LogP contribution < -0.4 is 15.4 Å². The van der Waals surface area contributed by atoms with Crippen LogP contribution in [0.1, 0.15) is 21.5 Å². The molecular formula is C25H25N3O5S2. The van der Waals surface area contributed by atoms with Crippen molar-refractivity contribution in [2.75, 3.05) is 25.4 Å². The van der Waals surface area contributed by atoms with Crippen molar-refractivity contribution in [1.82, 2.24) is 5.32 Å². The largest absolute Gasteiger partial charge is 0.497 e. The summed E-state index contributed by atoms with van der Waals surface area (Å²) in [5, 5.41) is 6.16. The third-order valence-corrected chi connectivity index (χ3v) is 6.60. The average molecular weight is 512 g/mol. The van der Waals surface area contributed by atoms with E-state index in [4.69, 9.17) is 21.7 Å². The summed E-state index contributed by atoms with van der Waals surface area (Å²) in [7, 11) is -0.794. The van der Waals surface area contributed by atoms with E-state index in [1.54, 1.807) is 79.9 Å². The van der Waals surface area contributed by atoms with Gasteiger partial charge >= 0.3 is 5.97 Å². The van der Waals surface area contributed by atoms with Gasteiger partial charge in [-0.05, 0) is 79.8 Å². The molecule has 8 nitrogen and oxygen atoms in total. The molecule has 0 aliphatic carbocycles. The molecule has 0 aliphatic rings. The van der Waals surface area contributed by atoms with Crippen LogP contribution >= 0.6 is 12.2 Å². The van der Waals surface area contributed by atoms with E-state index in [2.05, 4.69) is 15.6 Å². The smallest absolute Gasteiger partial charge is 0.337 e. The first-order chi connectivity index (χ1) is 16.7. The van der Waals surface area contributed by atoms with Gasteiger partial charge in [-0.15, -0.1) is 0 Å². The van der Waals surface area contributed by atoms with Crippen molar-refractivity contribution in [2.45, 2.75) is 11.8 Å². The number of esters is 1. The van der Waals surface area contributed by atoms with Crippen molar-refractivity contribution in [2.24, 2.45) is 4.99 Å². The highest BCUT2D eigenvalue weighted by Gasteiger charge is 2.15. The van der Waals surface area contributed by atoms with Gasteiger partial charge in [-0.2, -0.15) is 0 Å². The van der Waals surface area contributed by atoms with Gasteiger partial charge in [0.1, 0.15) is 17.5 Å². The van der Waals surface area contributed by atoms with Crippen LogP contribution in [0.5, 0.6) is 5.75 Å². The third kappa shape index (κ3) is 7.11. The lowest BCUT2D eigenvalue weighted by Gasteiger charge is -2.14. The van der Waals surface area contributed by atoms with E-state index in [1.165, 1.54) is 7.11 Å². The van der Waals surface area contributed by atoms with Crippen LogP contribution in [0.4, 0.5) is 5.69 Å². The number of nitrogens with one attached hydrogen (secondary N) is 2. The summed E-state index contributed by atoms with van der Waals surface area (Å²) in [6.07, 6.45) is 0. The minimum atomic E-state index is -3.66. The second-order valence-corrected chi connectivity index (χ2v) is 9.81. The highest BCUT2D eigenvalue weighted by molar-refractivity contribution is 7.91. The Labute approximate surface area is 209 Å². The minimum absolute atomic E-state index is 0.187. The summed E-state index contributed by atoms with van der Waals surface area (Å²) >= 11 is 5.41. The SMILES string of the molecule is COC(=O)c1ccc(NC(=S)NC(=NCS(=O)(=O)c2ccc(C)cc2)c2ccc(OC)cc2)cc1. The van der Waals surface area contributed by atoms with Crippen molar-refractivity contribution < 1.29 is 22.7 Å². The maximum absolute atomic E-state index is 12.8. The molecule has 0 aliphatic heterocycles. The molecule has 0 saturated carbocycles. The number of amidine groups is 1. The van der Waals surface area contributed by atoms with Gasteiger partial charge in [-0.25, -0.2) is 13.2 Å². The topological polar surface area (TPSA) is 106 Å². The summed E-state index contributed by atoms with van der Waals surface area (Å²) < 4.78 is 35.5. The van der Waals surface area contributed by atoms with Crippen LogP contribution in [0.15, 0.2) is 82.7 Å². The number of aryl methyl sites for hydroxylation is 1. The number of carbonyl (C=O) groups excluding carboxylic acids is 1. The first-order valence-electron chi connectivity index (χ1n) is 10.5. The Balaban J connectivity index is 1.81. The molecule has 35 heavy (non-hydrogen) atoms. The zero-order chi connectivity index (χ0) is 25.4. The molecule has 2 N–H and O–H groups in total. The number of nitrogens with zero attached hydrogens (tertiary/aromatic N) is 1. The van der Waals surface area contributed by atoms with Gasteiger partial charge in [0.25, 0.3) is 0 Å². The molecule has 0 spiro atoms. The maximum atomic E-state index is 12.8. The third-order valence-electron chi connectivity index (χ3n) is 4.93. The Morgan fingerprint density at radius 3 is 2.09 bits per heavy atom. The Hall–Kier alpha value is -3.76. The van der Waals surface area contributed by atoms with Gasteiger partial charge in [-0.3, -0.25) is 4.99 Å². The lowest BCUT2D eigenvalue weighted by Crippen LogP contribution is -2.35. The van der Waals surface area contributed by atoms with Gasteiger partial charge in [0, 0.05) is 11.3 Å². The van der Waals surface area contributed by atoms with Gasteiger partial charge in [0.2, 0.25) is 0 Å². The van der Waals surface area contributed by atoms with Gasteiger partial charge < -0.3 is 20.1 Å². The quantitative estimate of drug-likeness (QED) is 0.213. The molecule has 3 aromatic carbocycles. The summed E-state index contributed by atoms with van der Waals surface area (Å²) in [4.78, 5) is 16.1. The molecule has 3 aromatic rings. The highest BCUT2D eigenvalue weighted by Crippen LogP contribution is 2.15. The van der Waals surface area contributed by atoms with Crippen LogP contribution in [0.3, 0.4) is 0 Å². The number of methoxy groups -OCH3 is 2. The predicted molar refractivity (Wildman–Crippen MR) is 140 cm³/mol. The Morgan fingerprint density at radius 2 is 1.51 bits per heavy atom. The second-order valence-electron chi connectivity index (χ2n) is 7.44. The number of sulfone groups is 1. The molecule has 10 heteroatoms. The number of anilines is 1. The number of carbonyl (C=O) groups is 1. The zero-order valence-electron chi connectivity index (χ0n) is 19.4. The number of thiocarbonyl (C=S) groups is 1. The predicted octanol–water partition coefficient (Wildman–Crippen LogP) is 3.95. The van der Waals surface area contributed by atoms with E-state index in [9.17, 15) is 13.2 Å². The van der Waals surface area contributed by atoms with E-state index in [-0.39, 0.29) is 15.8 Å². The Kier molecular flexibility index (Phi) is 8.56. The van der Waals surface area contributed by atoms with E-state index < -0.39 is 21.7 Å². The van der Waals surface area contributed by atoms with Crippen molar-refractivity contribution in [3.05, 3.63) is 89.5 Å². The number of benzene rings is 3. The van der Waals surface area contributed by atoms with Gasteiger partial charge in [0.05, 0.1) is 24.7 Å². The number of aliphatic imine (C=N–C) groups is 1. The number of ether oxygens (including phenoxy) is 2. The molecule has 0 unspecified atom stereocenters. The van der Waals surface area contributed by atoms with Crippen LogP contribution in [-0.2, 0) is 14.6 Å². The van der Waals surface area contributed by atoms with Crippen LogP contribution in [0.25, 0.3) is 0 Å². The van der Waals surface area contributed by atoms with Crippen LogP contribution in [0.2, 0.25) is 0 Å². The standard InChI is InChI=1S/C25H25N3O5S2/c1-17-4-14-22(15-5-17)35(30,31)16-26-23(18-8-12-21(32-2)13-9-18)28-25(34)27-20-10-6-19(7-11-20)24(29)33-3/h4-15H,16H2,1-3H3,(H2,26,27,28,34). The zero-order valence-corrected chi connectivity index (χ0v) is 21.1. The average Bonchev–Trinajstić information content (AvgIpc) is 2.87. The normalized spacial score (nSPS) is 11.5. The van der Waals surface area contributed by atoms with Crippen molar-refractivity contribution in [3.8, 4) is 5.75 Å². The van der Waals surface area contributed by atoms with E-state index in [1.807, 2.05) is 6.92 Å². The van der Waals surface area contributed by atoms with Gasteiger partial charge in [0.15, 0.2) is 14.9 Å². The molecule has 182 valence electrons. The van der Waals surface area contributed by atoms with Crippen molar-refractivity contribution in [3.63, 3.8) is 0 Å². The maximum Gasteiger partial charge on any atom is 0.337 e. The molecular weight excluding hydrogens is 486 g/mol. The molecule has 0 atom stereocenters.